The van der Waals surface area contributed by atoms with E-state index in [0.29, 0.717) is 16.6 Å². The maximum absolute atomic E-state index is 15.6. The fourth-order valence-corrected chi connectivity index (χ4v) is 4.12. The van der Waals surface area contributed by atoms with E-state index in [1.807, 2.05) is 12.1 Å². The first-order valence-corrected chi connectivity index (χ1v) is 10.5. The average molecular weight is 446 g/mol. The zero-order chi connectivity index (χ0) is 22.9. The number of carbonyl (C=O) groups excluding carboxylic acids is 1. The highest BCUT2D eigenvalue weighted by atomic mass is 19.3. The van der Waals surface area contributed by atoms with Crippen molar-refractivity contribution in [3.05, 3.63) is 84.9 Å². The van der Waals surface area contributed by atoms with Gasteiger partial charge in [-0.3, -0.25) is 4.79 Å². The minimum atomic E-state index is -3.43. The van der Waals surface area contributed by atoms with Gasteiger partial charge >= 0.3 is 0 Å². The van der Waals surface area contributed by atoms with Crippen molar-refractivity contribution in [3.63, 3.8) is 0 Å². The molecule has 33 heavy (non-hydrogen) atoms. The number of carbonyl (C=O) groups is 1. The van der Waals surface area contributed by atoms with Crippen molar-refractivity contribution in [2.24, 2.45) is 0 Å². The van der Waals surface area contributed by atoms with E-state index in [-0.39, 0.29) is 24.5 Å². The van der Waals surface area contributed by atoms with Crippen molar-refractivity contribution >= 4 is 16.7 Å². The van der Waals surface area contributed by atoms with E-state index in [2.05, 4.69) is 20.3 Å². The number of rotatable bonds is 5. The molecule has 5 rings (SSSR count). The van der Waals surface area contributed by atoms with E-state index in [4.69, 9.17) is 4.74 Å². The largest absolute Gasteiger partial charge is 0.455 e. The first-order chi connectivity index (χ1) is 16.0. The molecule has 1 aliphatic rings. The molecule has 0 saturated carbocycles. The number of halogens is 2. The molecule has 1 N–H and O–H groups in total. The lowest BCUT2D eigenvalue weighted by atomic mass is 9.80. The minimum Gasteiger partial charge on any atom is -0.455 e. The molecule has 0 amide bonds. The fraction of sp³-hybridized carbons (Fsp3) is 0.200. The highest BCUT2D eigenvalue weighted by molar-refractivity contribution is 6.08. The molecule has 0 unspecified atom stereocenters. The van der Waals surface area contributed by atoms with Gasteiger partial charge in [-0.1, -0.05) is 42.5 Å². The smallest absolute Gasteiger partial charge is 0.296 e. The number of fused-ring (bicyclic) bond motifs is 1. The van der Waals surface area contributed by atoms with Crippen molar-refractivity contribution in [1.29, 1.82) is 0 Å². The van der Waals surface area contributed by atoms with Gasteiger partial charge in [0.05, 0.1) is 5.52 Å². The summed E-state index contributed by atoms with van der Waals surface area (Å²) >= 11 is 0. The minimum absolute atomic E-state index is 0.0362. The summed E-state index contributed by atoms with van der Waals surface area (Å²) in [6, 6.07) is 17.1. The van der Waals surface area contributed by atoms with Crippen LogP contribution in [0.5, 0.6) is 5.88 Å². The second-order valence-corrected chi connectivity index (χ2v) is 7.90. The molecule has 6 nitrogen and oxygen atoms in total. The zero-order valence-corrected chi connectivity index (χ0v) is 17.5. The molecule has 4 aromatic rings. The van der Waals surface area contributed by atoms with E-state index < -0.39 is 23.7 Å². The Labute approximate surface area is 188 Å². The highest BCUT2D eigenvalue weighted by Gasteiger charge is 2.63. The predicted octanol–water partition coefficient (Wildman–Crippen LogP) is 4.32. The Morgan fingerprint density at radius 3 is 2.55 bits per heavy atom. The van der Waals surface area contributed by atoms with E-state index >= 15 is 8.78 Å². The van der Waals surface area contributed by atoms with Crippen LogP contribution in [-0.2, 0) is 0 Å². The van der Waals surface area contributed by atoms with Crippen LogP contribution in [-0.4, -0.2) is 45.3 Å². The third-order valence-corrected chi connectivity index (χ3v) is 5.84. The van der Waals surface area contributed by atoms with Crippen LogP contribution in [0.4, 0.5) is 8.78 Å². The van der Waals surface area contributed by atoms with Crippen molar-refractivity contribution in [2.45, 2.75) is 17.9 Å². The summed E-state index contributed by atoms with van der Waals surface area (Å²) in [6.07, 6.45) is 3.90. The van der Waals surface area contributed by atoms with Crippen LogP contribution >= 0.6 is 0 Å². The van der Waals surface area contributed by atoms with Crippen molar-refractivity contribution < 1.29 is 18.3 Å². The first kappa shape index (κ1) is 21.1. The lowest BCUT2D eigenvalue weighted by molar-refractivity contribution is -0.155. The lowest BCUT2D eigenvalue weighted by Gasteiger charge is -2.42. The van der Waals surface area contributed by atoms with Crippen LogP contribution in [0.25, 0.3) is 22.0 Å². The molecule has 0 radical (unpaired) electrons. The summed E-state index contributed by atoms with van der Waals surface area (Å²) in [5, 5.41) is 3.76. The number of hydrogen-bond donors (Lipinski definition) is 1. The molecular formula is C25H20F2N4O2. The second kappa shape index (κ2) is 8.29. The highest BCUT2D eigenvalue weighted by Crippen LogP contribution is 2.41. The zero-order valence-electron chi connectivity index (χ0n) is 17.5. The molecule has 0 aliphatic carbocycles. The Morgan fingerprint density at radius 2 is 1.73 bits per heavy atom. The van der Waals surface area contributed by atoms with E-state index in [1.165, 1.54) is 30.9 Å². The molecule has 1 aliphatic heterocycles. The molecule has 2 aromatic carbocycles. The van der Waals surface area contributed by atoms with Crippen LogP contribution in [0.2, 0.25) is 0 Å². The number of nitrogens with one attached hydrogen (secondary N) is 1. The monoisotopic (exact) mass is 446 g/mol. The third-order valence-electron chi connectivity index (χ3n) is 5.84. The Kier molecular flexibility index (Phi) is 5.30. The van der Waals surface area contributed by atoms with Crippen LogP contribution in [0.15, 0.2) is 79.4 Å². The predicted molar refractivity (Wildman–Crippen MR) is 119 cm³/mol. The molecule has 0 spiro atoms. The molecule has 1 atom stereocenters. The van der Waals surface area contributed by atoms with E-state index in [0.717, 1.165) is 5.39 Å². The number of hydrogen-bond acceptors (Lipinski definition) is 6. The molecule has 0 bridgehead atoms. The number of para-hydroxylation sites is 1. The Balaban J connectivity index is 1.63. The normalized spacial score (nSPS) is 19.8. The van der Waals surface area contributed by atoms with Crippen LogP contribution in [0, 0.1) is 0 Å². The van der Waals surface area contributed by atoms with Crippen molar-refractivity contribution in [3.8, 4) is 17.0 Å². The van der Waals surface area contributed by atoms with Gasteiger partial charge in [-0.2, -0.15) is 0 Å². The van der Waals surface area contributed by atoms with Gasteiger partial charge < -0.3 is 10.1 Å². The number of benzene rings is 2. The van der Waals surface area contributed by atoms with E-state index in [9.17, 15) is 4.79 Å². The Morgan fingerprint density at radius 1 is 0.970 bits per heavy atom. The molecule has 8 heteroatoms. The summed E-state index contributed by atoms with van der Waals surface area (Å²) in [6.45, 7) is -0.280. The summed E-state index contributed by atoms with van der Waals surface area (Å²) in [5.41, 5.74) is -0.763. The number of ether oxygens (including phenoxy) is 1. The van der Waals surface area contributed by atoms with Gasteiger partial charge in [-0.25, -0.2) is 23.7 Å². The number of ketones is 1. The number of aromatic nitrogens is 3. The number of pyridine rings is 1. The summed E-state index contributed by atoms with van der Waals surface area (Å²) in [4.78, 5) is 26.3. The topological polar surface area (TPSA) is 77.0 Å². The van der Waals surface area contributed by atoms with Crippen molar-refractivity contribution in [1.82, 2.24) is 20.3 Å². The number of piperidine rings is 1. The number of alkyl halides is 2. The maximum Gasteiger partial charge on any atom is 0.296 e. The Hall–Kier alpha value is -3.78. The molecule has 1 saturated heterocycles. The van der Waals surface area contributed by atoms with Crippen LogP contribution in [0.3, 0.4) is 0 Å². The SMILES string of the molecule is O=C(c1ccccc1-c1cncnc1)[C@@]1(Oc2ccc3ccccc3n2)CNCCC1(F)F. The Bertz CT molecular complexity index is 1320. The second-order valence-electron chi connectivity index (χ2n) is 7.90. The maximum atomic E-state index is 15.6. The molecular weight excluding hydrogens is 426 g/mol. The summed E-state index contributed by atoms with van der Waals surface area (Å²) in [5.74, 6) is -4.29. The van der Waals surface area contributed by atoms with Crippen LogP contribution < -0.4 is 10.1 Å². The van der Waals surface area contributed by atoms with Gasteiger partial charge in [0, 0.05) is 54.5 Å². The van der Waals surface area contributed by atoms with Gasteiger partial charge in [-0.05, 0) is 17.7 Å². The standard InChI is InChI=1S/C25H20F2N4O2/c26-25(27)11-12-28-15-24(25,33-22-10-9-17-5-1-4-8-21(17)31-22)23(32)20-7-3-2-6-19(20)18-13-29-16-30-14-18/h1-10,13-14,16,28H,11-12,15H2/t24-/m0/s1. The van der Waals surface area contributed by atoms with Gasteiger partial charge in [-0.15, -0.1) is 0 Å². The quantitative estimate of drug-likeness (QED) is 0.460. The fourth-order valence-electron chi connectivity index (χ4n) is 4.12. The van der Waals surface area contributed by atoms with E-state index in [1.54, 1.807) is 36.4 Å². The van der Waals surface area contributed by atoms with Crippen molar-refractivity contribution in [2.75, 3.05) is 13.1 Å². The molecule has 2 aromatic heterocycles. The molecule has 1 fully saturated rings. The van der Waals surface area contributed by atoms with Gasteiger partial charge in [0.25, 0.3) is 5.92 Å². The molecule has 166 valence electrons. The third kappa shape index (κ3) is 3.72. The van der Waals surface area contributed by atoms with Gasteiger partial charge in [0.15, 0.2) is 0 Å². The number of nitrogens with zero attached hydrogens (tertiary/aromatic N) is 3. The van der Waals surface area contributed by atoms with Crippen LogP contribution in [0.1, 0.15) is 16.8 Å². The van der Waals surface area contributed by atoms with Gasteiger partial charge in [0.2, 0.25) is 17.3 Å². The number of Topliss-reactive ketones (excluding diaryl/α,β-unsaturated/α-hetero) is 1. The van der Waals surface area contributed by atoms with Gasteiger partial charge in [0.1, 0.15) is 6.33 Å². The summed E-state index contributed by atoms with van der Waals surface area (Å²) < 4.78 is 37.0. The average Bonchev–Trinajstić information content (AvgIpc) is 2.85. The lowest BCUT2D eigenvalue weighted by Crippen LogP contribution is -2.67. The molecule has 3 heterocycles. The first-order valence-electron chi connectivity index (χ1n) is 10.5. The summed E-state index contributed by atoms with van der Waals surface area (Å²) in [7, 11) is 0.